The van der Waals surface area contributed by atoms with Crippen LogP contribution in [-0.4, -0.2) is 35.6 Å². The molecule has 0 unspecified atom stereocenters. The van der Waals surface area contributed by atoms with E-state index in [1.165, 1.54) is 25.7 Å². The van der Waals surface area contributed by atoms with Gasteiger partial charge in [0.1, 0.15) is 0 Å². The van der Waals surface area contributed by atoms with Crippen LogP contribution in [0.25, 0.3) is 0 Å². The molecule has 0 saturated carbocycles. The molecule has 0 aromatic heterocycles. The molecule has 0 aromatic rings. The fourth-order valence-corrected chi connectivity index (χ4v) is 1.93. The molecule has 0 aromatic carbocycles. The minimum absolute atomic E-state index is 0.222. The van der Waals surface area contributed by atoms with E-state index in [-0.39, 0.29) is 12.5 Å². The second-order valence-corrected chi connectivity index (χ2v) is 4.51. The average molecular weight is 213 g/mol. The molecule has 88 valence electrons. The molecule has 0 spiro atoms. The highest BCUT2D eigenvalue weighted by Gasteiger charge is 2.28. The van der Waals surface area contributed by atoms with Crippen molar-refractivity contribution in [1.82, 2.24) is 4.90 Å². The minimum Gasteiger partial charge on any atom is -0.396 e. The first-order valence-electron chi connectivity index (χ1n) is 6.16. The van der Waals surface area contributed by atoms with Gasteiger partial charge in [0.25, 0.3) is 0 Å². The third-order valence-corrected chi connectivity index (χ3v) is 3.06. The van der Waals surface area contributed by atoms with Gasteiger partial charge in [-0.1, -0.05) is 32.6 Å². The van der Waals surface area contributed by atoms with Gasteiger partial charge in [-0.2, -0.15) is 0 Å². The third kappa shape index (κ3) is 4.20. The van der Waals surface area contributed by atoms with Crippen molar-refractivity contribution in [1.29, 1.82) is 0 Å². The van der Waals surface area contributed by atoms with Gasteiger partial charge in [-0.15, -0.1) is 0 Å². The maximum atomic E-state index is 11.6. The number of carbonyl (C=O) groups is 1. The zero-order chi connectivity index (χ0) is 11.1. The minimum atomic E-state index is 0.222. The molecule has 0 atom stereocenters. The van der Waals surface area contributed by atoms with Crippen molar-refractivity contribution in [2.24, 2.45) is 5.92 Å². The molecule has 3 heteroatoms. The van der Waals surface area contributed by atoms with E-state index in [2.05, 4.69) is 6.92 Å². The molecule has 1 amide bonds. The highest BCUT2D eigenvalue weighted by molar-refractivity contribution is 5.76. The molecule has 15 heavy (non-hydrogen) atoms. The van der Waals surface area contributed by atoms with Crippen LogP contribution in [0.1, 0.15) is 45.4 Å². The molecule has 0 bridgehead atoms. The van der Waals surface area contributed by atoms with Crippen molar-refractivity contribution in [2.45, 2.75) is 45.4 Å². The number of likely N-dealkylation sites (tertiary alicyclic amines) is 1. The molecular formula is C12H23NO2. The van der Waals surface area contributed by atoms with Crippen LogP contribution in [0.15, 0.2) is 0 Å². The summed E-state index contributed by atoms with van der Waals surface area (Å²) in [6.45, 7) is 3.95. The normalized spacial score (nSPS) is 16.5. The molecule has 1 heterocycles. The van der Waals surface area contributed by atoms with Crippen LogP contribution in [0.4, 0.5) is 0 Å². The SMILES string of the molecule is CCCCCCCC(=O)N1CC(CO)C1. The lowest BCUT2D eigenvalue weighted by molar-refractivity contribution is -0.138. The number of aliphatic hydroxyl groups is 1. The average Bonchev–Trinajstić information content (AvgIpc) is 2.16. The second-order valence-electron chi connectivity index (χ2n) is 4.51. The molecule has 1 rings (SSSR count). The van der Waals surface area contributed by atoms with Gasteiger partial charge < -0.3 is 10.0 Å². The summed E-state index contributed by atoms with van der Waals surface area (Å²) in [6.07, 6.45) is 6.68. The monoisotopic (exact) mass is 213 g/mol. The lowest BCUT2D eigenvalue weighted by atomic mass is 10.0. The Bertz CT molecular complexity index is 188. The van der Waals surface area contributed by atoms with Gasteiger partial charge in [0.15, 0.2) is 0 Å². The second kappa shape index (κ2) is 6.83. The Kier molecular flexibility index (Phi) is 5.69. The highest BCUT2D eigenvalue weighted by atomic mass is 16.3. The van der Waals surface area contributed by atoms with Gasteiger partial charge in [0, 0.05) is 32.0 Å². The van der Waals surface area contributed by atoms with E-state index in [4.69, 9.17) is 5.11 Å². The topological polar surface area (TPSA) is 40.5 Å². The molecule has 1 aliphatic rings. The molecule has 1 saturated heterocycles. The van der Waals surface area contributed by atoms with Gasteiger partial charge in [0.05, 0.1) is 0 Å². The van der Waals surface area contributed by atoms with E-state index in [1.54, 1.807) is 0 Å². The molecular weight excluding hydrogens is 190 g/mol. The van der Waals surface area contributed by atoms with Gasteiger partial charge in [-0.3, -0.25) is 4.79 Å². The first kappa shape index (κ1) is 12.5. The van der Waals surface area contributed by atoms with Crippen molar-refractivity contribution in [3.63, 3.8) is 0 Å². The molecule has 0 aliphatic carbocycles. The Labute approximate surface area is 92.5 Å². The van der Waals surface area contributed by atoms with E-state index in [1.807, 2.05) is 4.90 Å². The summed E-state index contributed by atoms with van der Waals surface area (Å²) in [6, 6.07) is 0. The number of amides is 1. The Morgan fingerprint density at radius 2 is 1.93 bits per heavy atom. The highest BCUT2D eigenvalue weighted by Crippen LogP contribution is 2.17. The number of hydrogen-bond acceptors (Lipinski definition) is 2. The summed E-state index contributed by atoms with van der Waals surface area (Å²) in [5, 5.41) is 8.82. The Morgan fingerprint density at radius 1 is 1.27 bits per heavy atom. The quantitative estimate of drug-likeness (QED) is 0.655. The van der Waals surface area contributed by atoms with Crippen LogP contribution >= 0.6 is 0 Å². The standard InChI is InChI=1S/C12H23NO2/c1-2-3-4-5-6-7-12(15)13-8-11(9-13)10-14/h11,14H,2-10H2,1H3. The predicted octanol–water partition coefficient (Wildman–Crippen LogP) is 1.80. The van der Waals surface area contributed by atoms with Crippen LogP contribution in [0.5, 0.6) is 0 Å². The van der Waals surface area contributed by atoms with E-state index in [0.29, 0.717) is 12.3 Å². The first-order chi connectivity index (χ1) is 7.27. The summed E-state index contributed by atoms with van der Waals surface area (Å²) in [4.78, 5) is 13.4. The first-order valence-corrected chi connectivity index (χ1v) is 6.16. The van der Waals surface area contributed by atoms with E-state index < -0.39 is 0 Å². The summed E-state index contributed by atoms with van der Waals surface area (Å²) in [5.74, 6) is 0.616. The molecule has 0 radical (unpaired) electrons. The Morgan fingerprint density at radius 3 is 2.53 bits per heavy atom. The largest absolute Gasteiger partial charge is 0.396 e. The van der Waals surface area contributed by atoms with Crippen molar-refractivity contribution < 1.29 is 9.90 Å². The number of unbranched alkanes of at least 4 members (excludes halogenated alkanes) is 4. The Balaban J connectivity index is 1.95. The summed E-state index contributed by atoms with van der Waals surface area (Å²) in [7, 11) is 0. The van der Waals surface area contributed by atoms with E-state index >= 15 is 0 Å². The van der Waals surface area contributed by atoms with Crippen LogP contribution in [0.2, 0.25) is 0 Å². The number of carbonyl (C=O) groups excluding carboxylic acids is 1. The molecule has 1 N–H and O–H groups in total. The van der Waals surface area contributed by atoms with Crippen molar-refractivity contribution in [3.8, 4) is 0 Å². The predicted molar refractivity (Wildman–Crippen MR) is 60.5 cm³/mol. The van der Waals surface area contributed by atoms with Crippen molar-refractivity contribution in [2.75, 3.05) is 19.7 Å². The van der Waals surface area contributed by atoms with Crippen LogP contribution in [0.3, 0.4) is 0 Å². The van der Waals surface area contributed by atoms with Crippen LogP contribution in [-0.2, 0) is 4.79 Å². The molecule has 1 fully saturated rings. The van der Waals surface area contributed by atoms with Crippen molar-refractivity contribution >= 4 is 5.91 Å². The van der Waals surface area contributed by atoms with E-state index in [9.17, 15) is 4.79 Å². The van der Waals surface area contributed by atoms with Crippen molar-refractivity contribution in [3.05, 3.63) is 0 Å². The maximum Gasteiger partial charge on any atom is 0.222 e. The summed E-state index contributed by atoms with van der Waals surface area (Å²) < 4.78 is 0. The number of nitrogens with zero attached hydrogens (tertiary/aromatic N) is 1. The summed E-state index contributed by atoms with van der Waals surface area (Å²) >= 11 is 0. The smallest absolute Gasteiger partial charge is 0.222 e. The Hall–Kier alpha value is -0.570. The lowest BCUT2D eigenvalue weighted by Crippen LogP contribution is -2.51. The van der Waals surface area contributed by atoms with Gasteiger partial charge >= 0.3 is 0 Å². The number of aliphatic hydroxyl groups excluding tert-OH is 1. The third-order valence-electron chi connectivity index (χ3n) is 3.06. The van der Waals surface area contributed by atoms with Crippen LogP contribution < -0.4 is 0 Å². The molecule has 1 aliphatic heterocycles. The maximum absolute atomic E-state index is 11.6. The van der Waals surface area contributed by atoms with Gasteiger partial charge in [-0.25, -0.2) is 0 Å². The number of hydrogen-bond donors (Lipinski definition) is 1. The fourth-order valence-electron chi connectivity index (χ4n) is 1.93. The summed E-state index contributed by atoms with van der Waals surface area (Å²) in [5.41, 5.74) is 0. The fraction of sp³-hybridized carbons (Fsp3) is 0.917. The molecule has 3 nitrogen and oxygen atoms in total. The lowest BCUT2D eigenvalue weighted by Gasteiger charge is -2.38. The zero-order valence-electron chi connectivity index (χ0n) is 9.74. The number of rotatable bonds is 7. The van der Waals surface area contributed by atoms with Gasteiger partial charge in [-0.05, 0) is 6.42 Å². The van der Waals surface area contributed by atoms with Gasteiger partial charge in [0.2, 0.25) is 5.91 Å². The van der Waals surface area contributed by atoms with E-state index in [0.717, 1.165) is 19.5 Å². The van der Waals surface area contributed by atoms with Crippen LogP contribution in [0, 0.1) is 5.92 Å². The zero-order valence-corrected chi connectivity index (χ0v) is 9.74.